The second kappa shape index (κ2) is 7.61. The van der Waals surface area contributed by atoms with Crippen LogP contribution < -0.4 is 0 Å². The van der Waals surface area contributed by atoms with Crippen LogP contribution in [0.5, 0.6) is 0 Å². The van der Waals surface area contributed by atoms with Crippen LogP contribution in [0, 0.1) is 6.92 Å². The first kappa shape index (κ1) is 16.0. The van der Waals surface area contributed by atoms with Gasteiger partial charge >= 0.3 is 5.97 Å². The summed E-state index contributed by atoms with van der Waals surface area (Å²) in [5.41, 5.74) is 1.71. The molecule has 0 aliphatic heterocycles. The smallest absolute Gasteiger partial charge is 0.341 e. The van der Waals surface area contributed by atoms with Gasteiger partial charge in [-0.25, -0.2) is 4.79 Å². The predicted molar refractivity (Wildman–Crippen MR) is 85.5 cm³/mol. The molecule has 0 fully saturated rings. The van der Waals surface area contributed by atoms with Gasteiger partial charge in [0.05, 0.1) is 13.7 Å². The summed E-state index contributed by atoms with van der Waals surface area (Å²) in [6.45, 7) is 7.71. The van der Waals surface area contributed by atoms with E-state index in [4.69, 9.17) is 9.15 Å². The second-order valence-electron chi connectivity index (χ2n) is 5.12. The molecule has 4 heteroatoms. The molecule has 0 spiro atoms. The molecule has 116 valence electrons. The molecule has 0 N–H and O–H groups in total. The Hall–Kier alpha value is -2.33. The first-order valence-electron chi connectivity index (χ1n) is 7.19. The van der Waals surface area contributed by atoms with Crippen LogP contribution in [0.4, 0.5) is 0 Å². The maximum Gasteiger partial charge on any atom is 0.341 e. The zero-order valence-electron chi connectivity index (χ0n) is 13.0. The zero-order valence-corrected chi connectivity index (χ0v) is 13.0. The van der Waals surface area contributed by atoms with E-state index in [0.29, 0.717) is 17.9 Å². The molecule has 4 nitrogen and oxygen atoms in total. The van der Waals surface area contributed by atoms with Crippen molar-refractivity contribution in [1.82, 2.24) is 4.90 Å². The van der Waals surface area contributed by atoms with Crippen LogP contribution >= 0.6 is 0 Å². The summed E-state index contributed by atoms with van der Waals surface area (Å²) in [7, 11) is 1.37. The Balaban J connectivity index is 2.11. The number of aryl methyl sites for hydroxylation is 1. The Morgan fingerprint density at radius 3 is 2.68 bits per heavy atom. The average molecular weight is 299 g/mol. The Bertz CT molecular complexity index is 631. The van der Waals surface area contributed by atoms with Gasteiger partial charge in [-0.05, 0) is 18.6 Å². The molecule has 0 amide bonds. The summed E-state index contributed by atoms with van der Waals surface area (Å²) in [5, 5.41) is 0. The summed E-state index contributed by atoms with van der Waals surface area (Å²) in [5.74, 6) is 0.960. The lowest BCUT2D eigenvalue weighted by Gasteiger charge is -2.19. The van der Waals surface area contributed by atoms with E-state index in [1.807, 2.05) is 24.3 Å². The van der Waals surface area contributed by atoms with Crippen molar-refractivity contribution >= 4 is 5.97 Å². The first-order chi connectivity index (χ1) is 10.6. The van der Waals surface area contributed by atoms with Crippen LogP contribution in [-0.4, -0.2) is 24.5 Å². The van der Waals surface area contributed by atoms with Gasteiger partial charge in [-0.2, -0.15) is 0 Å². The SMILES string of the molecule is C=CCN(Cc1ccccc1)Cc1cc(C(=O)OC)c(C)o1. The summed E-state index contributed by atoms with van der Waals surface area (Å²) in [6, 6.07) is 12.0. The fraction of sp³-hybridized carbons (Fsp3) is 0.278. The minimum atomic E-state index is -0.370. The molecule has 1 heterocycles. The van der Waals surface area contributed by atoms with Crippen molar-refractivity contribution in [3.8, 4) is 0 Å². The highest BCUT2D eigenvalue weighted by molar-refractivity contribution is 5.90. The highest BCUT2D eigenvalue weighted by Gasteiger charge is 2.17. The summed E-state index contributed by atoms with van der Waals surface area (Å²) >= 11 is 0. The Morgan fingerprint density at radius 2 is 2.05 bits per heavy atom. The monoisotopic (exact) mass is 299 g/mol. The van der Waals surface area contributed by atoms with E-state index in [1.165, 1.54) is 12.7 Å². The molecule has 0 saturated heterocycles. The first-order valence-corrected chi connectivity index (χ1v) is 7.19. The van der Waals surface area contributed by atoms with E-state index in [2.05, 4.69) is 23.6 Å². The van der Waals surface area contributed by atoms with Gasteiger partial charge in [0, 0.05) is 13.1 Å². The van der Waals surface area contributed by atoms with E-state index < -0.39 is 0 Å². The third kappa shape index (κ3) is 4.09. The quantitative estimate of drug-likeness (QED) is 0.579. The van der Waals surface area contributed by atoms with E-state index >= 15 is 0 Å². The topological polar surface area (TPSA) is 42.7 Å². The number of furan rings is 1. The van der Waals surface area contributed by atoms with Crippen molar-refractivity contribution < 1.29 is 13.9 Å². The van der Waals surface area contributed by atoms with Crippen LogP contribution in [-0.2, 0) is 17.8 Å². The van der Waals surface area contributed by atoms with E-state index in [1.54, 1.807) is 13.0 Å². The molecule has 0 unspecified atom stereocenters. The molecule has 0 aliphatic carbocycles. The third-order valence-corrected chi connectivity index (χ3v) is 3.39. The van der Waals surface area contributed by atoms with E-state index in [9.17, 15) is 4.79 Å². The van der Waals surface area contributed by atoms with Crippen molar-refractivity contribution in [2.75, 3.05) is 13.7 Å². The molecule has 0 bridgehead atoms. The van der Waals surface area contributed by atoms with Gasteiger partial charge in [0.1, 0.15) is 17.1 Å². The third-order valence-electron chi connectivity index (χ3n) is 3.39. The van der Waals surface area contributed by atoms with Gasteiger partial charge in [0.15, 0.2) is 0 Å². The number of hydrogen-bond acceptors (Lipinski definition) is 4. The molecule has 0 atom stereocenters. The van der Waals surface area contributed by atoms with Crippen molar-refractivity contribution in [3.05, 3.63) is 71.7 Å². The van der Waals surface area contributed by atoms with Gasteiger partial charge < -0.3 is 9.15 Å². The number of carbonyl (C=O) groups excluding carboxylic acids is 1. The summed E-state index contributed by atoms with van der Waals surface area (Å²) in [6.07, 6.45) is 1.86. The van der Waals surface area contributed by atoms with E-state index in [0.717, 1.165) is 18.8 Å². The van der Waals surface area contributed by atoms with Crippen molar-refractivity contribution in [1.29, 1.82) is 0 Å². The fourth-order valence-electron chi connectivity index (χ4n) is 2.36. The molecular weight excluding hydrogens is 278 g/mol. The molecule has 0 radical (unpaired) electrons. The molecule has 0 aliphatic rings. The maximum absolute atomic E-state index is 11.6. The maximum atomic E-state index is 11.6. The lowest BCUT2D eigenvalue weighted by atomic mass is 10.2. The molecule has 2 rings (SSSR count). The summed E-state index contributed by atoms with van der Waals surface area (Å²) < 4.78 is 10.4. The molecule has 1 aromatic carbocycles. The minimum Gasteiger partial charge on any atom is -0.465 e. The number of rotatable bonds is 7. The second-order valence-corrected chi connectivity index (χ2v) is 5.12. The fourth-order valence-corrected chi connectivity index (χ4v) is 2.36. The van der Waals surface area contributed by atoms with Gasteiger partial charge in [-0.3, -0.25) is 4.90 Å². The average Bonchev–Trinajstić information content (AvgIpc) is 2.88. The van der Waals surface area contributed by atoms with Crippen molar-refractivity contribution in [3.63, 3.8) is 0 Å². The largest absolute Gasteiger partial charge is 0.465 e. The molecular formula is C18H21NO3. The number of nitrogens with zero attached hydrogens (tertiary/aromatic N) is 1. The minimum absolute atomic E-state index is 0.370. The van der Waals surface area contributed by atoms with Gasteiger partial charge in [0.25, 0.3) is 0 Å². The van der Waals surface area contributed by atoms with Crippen LogP contribution in [0.15, 0.2) is 53.5 Å². The predicted octanol–water partition coefficient (Wildman–Crippen LogP) is 3.56. The standard InChI is InChI=1S/C18H21NO3/c1-4-10-19(12-15-8-6-5-7-9-15)13-16-11-17(14(2)22-16)18(20)21-3/h4-9,11H,1,10,12-13H2,2-3H3. The molecule has 22 heavy (non-hydrogen) atoms. The van der Waals surface area contributed by atoms with E-state index in [-0.39, 0.29) is 5.97 Å². The number of esters is 1. The van der Waals surface area contributed by atoms with Crippen LogP contribution in [0.1, 0.15) is 27.4 Å². The van der Waals surface area contributed by atoms with Crippen molar-refractivity contribution in [2.24, 2.45) is 0 Å². The number of hydrogen-bond donors (Lipinski definition) is 0. The van der Waals surface area contributed by atoms with Gasteiger partial charge in [-0.1, -0.05) is 36.4 Å². The highest BCUT2D eigenvalue weighted by atomic mass is 16.5. The Morgan fingerprint density at radius 1 is 1.32 bits per heavy atom. The van der Waals surface area contributed by atoms with Crippen LogP contribution in [0.3, 0.4) is 0 Å². The van der Waals surface area contributed by atoms with Crippen LogP contribution in [0.25, 0.3) is 0 Å². The number of ether oxygens (including phenoxy) is 1. The van der Waals surface area contributed by atoms with Gasteiger partial charge in [-0.15, -0.1) is 6.58 Å². The van der Waals surface area contributed by atoms with Gasteiger partial charge in [0.2, 0.25) is 0 Å². The lowest BCUT2D eigenvalue weighted by molar-refractivity contribution is 0.0599. The summed E-state index contributed by atoms with van der Waals surface area (Å²) in [4.78, 5) is 13.8. The Labute approximate surface area is 131 Å². The number of carbonyl (C=O) groups is 1. The van der Waals surface area contributed by atoms with Crippen LogP contribution in [0.2, 0.25) is 0 Å². The molecule has 0 saturated carbocycles. The number of benzene rings is 1. The normalized spacial score (nSPS) is 10.7. The lowest BCUT2D eigenvalue weighted by Crippen LogP contribution is -2.22. The molecule has 2 aromatic rings. The highest BCUT2D eigenvalue weighted by Crippen LogP contribution is 2.18. The number of methoxy groups -OCH3 is 1. The zero-order chi connectivity index (χ0) is 15.9. The van der Waals surface area contributed by atoms with Crippen molar-refractivity contribution in [2.45, 2.75) is 20.0 Å². The Kier molecular flexibility index (Phi) is 5.55. The molecule has 1 aromatic heterocycles.